The molecule has 1 aromatic rings. The number of aromatic nitrogens is 1. The third kappa shape index (κ3) is 2.83. The molecule has 0 saturated heterocycles. The van der Waals surface area contributed by atoms with Gasteiger partial charge < -0.3 is 15.0 Å². The molecule has 1 heterocycles. The molecule has 0 aliphatic heterocycles. The average Bonchev–Trinajstić information content (AvgIpc) is 2.46. The fourth-order valence-electron chi connectivity index (χ4n) is 1.21. The third-order valence-corrected chi connectivity index (χ3v) is 3.29. The molecule has 0 radical (unpaired) electrons. The minimum atomic E-state index is -0.738. The van der Waals surface area contributed by atoms with Crippen LogP contribution in [0.25, 0.3) is 0 Å². The van der Waals surface area contributed by atoms with Crippen LogP contribution in [0, 0.1) is 0 Å². The summed E-state index contributed by atoms with van der Waals surface area (Å²) < 4.78 is 2.08. The van der Waals surface area contributed by atoms with Crippen molar-refractivity contribution in [2.24, 2.45) is 7.05 Å². The van der Waals surface area contributed by atoms with E-state index in [-0.39, 0.29) is 5.54 Å². The Hall–Kier alpha value is -0.800. The highest BCUT2D eigenvalue weighted by molar-refractivity contribution is 5.07. The quantitative estimate of drug-likeness (QED) is 0.793. The molecule has 0 fully saturated rings. The first kappa shape index (κ1) is 12.3. The van der Waals surface area contributed by atoms with Crippen LogP contribution in [0.3, 0.4) is 0 Å². The van der Waals surface area contributed by atoms with E-state index in [4.69, 9.17) is 0 Å². The summed E-state index contributed by atoms with van der Waals surface area (Å²) in [5.41, 5.74) is 0.169. The van der Waals surface area contributed by atoms with Crippen molar-refractivity contribution < 1.29 is 5.11 Å². The van der Waals surface area contributed by atoms with E-state index in [0.717, 1.165) is 6.54 Å². The molecular formula is C12H22N2O. The lowest BCUT2D eigenvalue weighted by Crippen LogP contribution is -2.55. The van der Waals surface area contributed by atoms with Crippen LogP contribution in [-0.4, -0.2) is 20.8 Å². The first-order chi connectivity index (χ1) is 6.74. The molecule has 0 unspecified atom stereocenters. The highest BCUT2D eigenvalue weighted by Crippen LogP contribution is 2.20. The van der Waals surface area contributed by atoms with Crippen molar-refractivity contribution in [1.82, 2.24) is 9.88 Å². The van der Waals surface area contributed by atoms with Gasteiger partial charge in [0.2, 0.25) is 0 Å². The summed E-state index contributed by atoms with van der Waals surface area (Å²) in [6, 6.07) is 4.10. The standard InChI is InChI=1S/C12H22N2O/c1-11(2,12(3,4)15)13-9-10-7-6-8-14(10)5/h6-8,13,15H,9H2,1-5H3. The number of nitrogens with zero attached hydrogens (tertiary/aromatic N) is 1. The van der Waals surface area contributed by atoms with Crippen molar-refractivity contribution in [3.8, 4) is 0 Å². The SMILES string of the molecule is Cn1cccc1CNC(C)(C)C(C)(C)O. The Kier molecular flexibility index (Phi) is 3.26. The molecule has 3 heteroatoms. The van der Waals surface area contributed by atoms with Gasteiger partial charge in [0.1, 0.15) is 0 Å². The van der Waals surface area contributed by atoms with E-state index >= 15 is 0 Å². The van der Waals surface area contributed by atoms with E-state index in [1.54, 1.807) is 0 Å². The van der Waals surface area contributed by atoms with E-state index < -0.39 is 5.60 Å². The molecule has 15 heavy (non-hydrogen) atoms. The predicted molar refractivity (Wildman–Crippen MR) is 62.6 cm³/mol. The molecule has 1 aromatic heterocycles. The van der Waals surface area contributed by atoms with Gasteiger partial charge in [0.25, 0.3) is 0 Å². The van der Waals surface area contributed by atoms with Gasteiger partial charge in [-0.25, -0.2) is 0 Å². The molecule has 86 valence electrons. The highest BCUT2D eigenvalue weighted by atomic mass is 16.3. The lowest BCUT2D eigenvalue weighted by molar-refractivity contribution is -0.00554. The summed E-state index contributed by atoms with van der Waals surface area (Å²) in [6.07, 6.45) is 2.02. The van der Waals surface area contributed by atoms with Crippen LogP contribution in [0.15, 0.2) is 18.3 Å². The number of aliphatic hydroxyl groups is 1. The maximum Gasteiger partial charge on any atom is 0.0767 e. The van der Waals surface area contributed by atoms with E-state index in [9.17, 15) is 5.11 Å². The van der Waals surface area contributed by atoms with Crippen molar-refractivity contribution in [2.75, 3.05) is 0 Å². The summed E-state index contributed by atoms with van der Waals surface area (Å²) >= 11 is 0. The minimum absolute atomic E-state index is 0.308. The van der Waals surface area contributed by atoms with Crippen LogP contribution >= 0.6 is 0 Å². The van der Waals surface area contributed by atoms with Crippen LogP contribution in [0.1, 0.15) is 33.4 Å². The molecule has 0 amide bonds. The minimum Gasteiger partial charge on any atom is -0.389 e. The normalized spacial score (nSPS) is 13.2. The first-order valence-corrected chi connectivity index (χ1v) is 5.32. The molecule has 0 bridgehead atoms. The number of hydrogen-bond donors (Lipinski definition) is 2. The maximum atomic E-state index is 9.97. The van der Waals surface area contributed by atoms with Crippen LogP contribution in [-0.2, 0) is 13.6 Å². The molecule has 0 aliphatic carbocycles. The Morgan fingerprint density at radius 1 is 1.33 bits per heavy atom. The summed E-state index contributed by atoms with van der Waals surface area (Å²) in [7, 11) is 2.02. The van der Waals surface area contributed by atoms with Crippen molar-refractivity contribution in [3.05, 3.63) is 24.0 Å². The van der Waals surface area contributed by atoms with Crippen molar-refractivity contribution in [3.63, 3.8) is 0 Å². The lowest BCUT2D eigenvalue weighted by atomic mass is 9.86. The van der Waals surface area contributed by atoms with E-state index in [2.05, 4.69) is 16.0 Å². The number of nitrogens with one attached hydrogen (secondary N) is 1. The summed E-state index contributed by atoms with van der Waals surface area (Å²) in [5, 5.41) is 13.3. The van der Waals surface area contributed by atoms with Gasteiger partial charge in [0, 0.05) is 31.0 Å². The number of rotatable bonds is 4. The molecule has 0 aromatic carbocycles. The van der Waals surface area contributed by atoms with E-state index in [1.807, 2.05) is 47.0 Å². The topological polar surface area (TPSA) is 37.2 Å². The molecule has 0 spiro atoms. The zero-order valence-electron chi connectivity index (χ0n) is 10.3. The van der Waals surface area contributed by atoms with E-state index in [1.165, 1.54) is 5.69 Å². The fraction of sp³-hybridized carbons (Fsp3) is 0.667. The smallest absolute Gasteiger partial charge is 0.0767 e. The summed E-state index contributed by atoms with van der Waals surface area (Å²) in [4.78, 5) is 0. The van der Waals surface area contributed by atoms with Crippen molar-refractivity contribution in [1.29, 1.82) is 0 Å². The number of hydrogen-bond acceptors (Lipinski definition) is 2. The van der Waals surface area contributed by atoms with Gasteiger partial charge in [0.15, 0.2) is 0 Å². The van der Waals surface area contributed by atoms with Gasteiger partial charge in [-0.05, 0) is 39.8 Å². The van der Waals surface area contributed by atoms with Gasteiger partial charge in [0.05, 0.1) is 5.60 Å². The summed E-state index contributed by atoms with van der Waals surface area (Å²) in [6.45, 7) is 8.43. The Balaban J connectivity index is 2.61. The first-order valence-electron chi connectivity index (χ1n) is 5.32. The Morgan fingerprint density at radius 3 is 2.33 bits per heavy atom. The van der Waals surface area contributed by atoms with Crippen LogP contribution in [0.2, 0.25) is 0 Å². The molecule has 2 N–H and O–H groups in total. The molecule has 0 aliphatic rings. The van der Waals surface area contributed by atoms with Crippen molar-refractivity contribution >= 4 is 0 Å². The lowest BCUT2D eigenvalue weighted by Gasteiger charge is -2.38. The molecule has 0 saturated carbocycles. The van der Waals surface area contributed by atoms with Crippen LogP contribution in [0.5, 0.6) is 0 Å². The van der Waals surface area contributed by atoms with Gasteiger partial charge in [-0.15, -0.1) is 0 Å². The largest absolute Gasteiger partial charge is 0.389 e. The second kappa shape index (κ2) is 3.99. The summed E-state index contributed by atoms with van der Waals surface area (Å²) in [5.74, 6) is 0. The fourth-order valence-corrected chi connectivity index (χ4v) is 1.21. The van der Waals surface area contributed by atoms with Gasteiger partial charge in [-0.3, -0.25) is 0 Å². The molecule has 0 atom stereocenters. The van der Waals surface area contributed by atoms with E-state index in [0.29, 0.717) is 0 Å². The number of aryl methyl sites for hydroxylation is 1. The Labute approximate surface area is 92.1 Å². The van der Waals surface area contributed by atoms with Gasteiger partial charge >= 0.3 is 0 Å². The maximum absolute atomic E-state index is 9.97. The highest BCUT2D eigenvalue weighted by Gasteiger charge is 2.34. The van der Waals surface area contributed by atoms with Crippen LogP contribution in [0.4, 0.5) is 0 Å². The average molecular weight is 210 g/mol. The molecular weight excluding hydrogens is 188 g/mol. The van der Waals surface area contributed by atoms with Crippen molar-refractivity contribution in [2.45, 2.75) is 45.4 Å². The predicted octanol–water partition coefficient (Wildman–Crippen LogP) is 1.66. The zero-order valence-corrected chi connectivity index (χ0v) is 10.3. The van der Waals surface area contributed by atoms with Crippen LogP contribution < -0.4 is 5.32 Å². The Morgan fingerprint density at radius 2 is 1.93 bits per heavy atom. The second-order valence-corrected chi connectivity index (χ2v) is 5.15. The Bertz CT molecular complexity index is 321. The molecule has 1 rings (SSSR count). The third-order valence-electron chi connectivity index (χ3n) is 3.29. The zero-order chi connectivity index (χ0) is 11.7. The van der Waals surface area contributed by atoms with Gasteiger partial charge in [-0.2, -0.15) is 0 Å². The molecule has 3 nitrogen and oxygen atoms in total. The monoisotopic (exact) mass is 210 g/mol. The second-order valence-electron chi connectivity index (χ2n) is 5.15. The van der Waals surface area contributed by atoms with Gasteiger partial charge in [-0.1, -0.05) is 0 Å².